The maximum Gasteiger partial charge on any atom is 0.191 e. The molecule has 2 N–H and O–H groups in total. The summed E-state index contributed by atoms with van der Waals surface area (Å²) >= 11 is 0. The molecule has 0 aliphatic rings. The van der Waals surface area contributed by atoms with Crippen molar-refractivity contribution in [1.29, 1.82) is 0 Å². The Hall–Kier alpha value is -2.41. The zero-order valence-electron chi connectivity index (χ0n) is 16.6. The van der Waals surface area contributed by atoms with Crippen molar-refractivity contribution < 1.29 is 12.8 Å². The van der Waals surface area contributed by atoms with Crippen LogP contribution in [0, 0.1) is 5.82 Å². The molecule has 0 atom stereocenters. The molecule has 152 valence electrons. The molecule has 0 fully saturated rings. The van der Waals surface area contributed by atoms with Crippen LogP contribution in [0.1, 0.15) is 26.3 Å². The molecule has 28 heavy (non-hydrogen) atoms. The van der Waals surface area contributed by atoms with Crippen molar-refractivity contribution in [2.45, 2.75) is 31.1 Å². The van der Waals surface area contributed by atoms with Gasteiger partial charge >= 0.3 is 0 Å². The standard InChI is InChI=1S/C21H28FN3O2S/c1-4-23-20(25-16-21(2,3)17-10-6-5-7-11-17)24-14-15-28(26,27)19-13-9-8-12-18(19)22/h5-13H,4,14-16H2,1-3H3,(H2,23,24,25). The van der Waals surface area contributed by atoms with Crippen LogP contribution in [0.4, 0.5) is 4.39 Å². The minimum absolute atomic E-state index is 0.133. The molecule has 0 heterocycles. The van der Waals surface area contributed by atoms with Crippen LogP contribution in [0.15, 0.2) is 64.5 Å². The number of hydrogen-bond donors (Lipinski definition) is 2. The van der Waals surface area contributed by atoms with E-state index in [0.717, 1.165) is 6.07 Å². The van der Waals surface area contributed by atoms with Crippen LogP contribution >= 0.6 is 0 Å². The Morgan fingerprint density at radius 1 is 1.04 bits per heavy atom. The Bertz CT molecular complexity index is 897. The van der Waals surface area contributed by atoms with Crippen molar-refractivity contribution in [1.82, 2.24) is 10.6 Å². The number of benzene rings is 2. The lowest BCUT2D eigenvalue weighted by molar-refractivity contribution is 0.537. The predicted octanol–water partition coefficient (Wildman–Crippen LogP) is 3.13. The van der Waals surface area contributed by atoms with E-state index in [1.165, 1.54) is 23.8 Å². The third kappa shape index (κ3) is 6.05. The molecular formula is C21H28FN3O2S. The van der Waals surface area contributed by atoms with Gasteiger partial charge in [0, 0.05) is 18.5 Å². The number of hydrogen-bond acceptors (Lipinski definition) is 3. The fourth-order valence-electron chi connectivity index (χ4n) is 2.71. The number of guanidine groups is 1. The number of aliphatic imine (C=N–C) groups is 1. The fraction of sp³-hybridized carbons (Fsp3) is 0.381. The van der Waals surface area contributed by atoms with E-state index in [2.05, 4.69) is 41.6 Å². The second-order valence-corrected chi connectivity index (χ2v) is 9.20. The minimum atomic E-state index is -3.71. The maximum absolute atomic E-state index is 13.8. The van der Waals surface area contributed by atoms with E-state index in [4.69, 9.17) is 0 Å². The van der Waals surface area contributed by atoms with Gasteiger partial charge in [0.25, 0.3) is 0 Å². The van der Waals surface area contributed by atoms with Gasteiger partial charge in [-0.1, -0.05) is 56.3 Å². The molecule has 0 spiro atoms. The second-order valence-electron chi connectivity index (χ2n) is 7.12. The highest BCUT2D eigenvalue weighted by atomic mass is 32.2. The summed E-state index contributed by atoms with van der Waals surface area (Å²) in [5.74, 6) is -0.414. The first-order valence-corrected chi connectivity index (χ1v) is 11.0. The van der Waals surface area contributed by atoms with Crippen LogP contribution in [-0.4, -0.2) is 39.8 Å². The summed E-state index contributed by atoms with van der Waals surface area (Å²) in [5, 5.41) is 6.14. The molecule has 0 unspecified atom stereocenters. The van der Waals surface area contributed by atoms with Gasteiger partial charge in [0.1, 0.15) is 10.7 Å². The van der Waals surface area contributed by atoms with Crippen LogP contribution in [0.5, 0.6) is 0 Å². The number of rotatable bonds is 8. The van der Waals surface area contributed by atoms with Crippen LogP contribution in [0.2, 0.25) is 0 Å². The third-order valence-corrected chi connectivity index (χ3v) is 6.11. The summed E-state index contributed by atoms with van der Waals surface area (Å²) in [6.45, 7) is 7.48. The summed E-state index contributed by atoms with van der Waals surface area (Å²) in [4.78, 5) is 4.32. The zero-order valence-corrected chi connectivity index (χ0v) is 17.4. The van der Waals surface area contributed by atoms with Crippen LogP contribution in [-0.2, 0) is 15.3 Å². The Morgan fingerprint density at radius 3 is 2.32 bits per heavy atom. The maximum atomic E-state index is 13.8. The molecule has 2 aromatic carbocycles. The van der Waals surface area contributed by atoms with Crippen molar-refractivity contribution in [3.8, 4) is 0 Å². The van der Waals surface area contributed by atoms with E-state index in [9.17, 15) is 12.8 Å². The van der Waals surface area contributed by atoms with E-state index >= 15 is 0 Å². The summed E-state index contributed by atoms with van der Waals surface area (Å²) in [5.41, 5.74) is 1.01. The van der Waals surface area contributed by atoms with Gasteiger partial charge in [0.2, 0.25) is 0 Å². The molecule has 0 saturated heterocycles. The van der Waals surface area contributed by atoms with Crippen molar-refractivity contribution in [2.75, 3.05) is 25.4 Å². The zero-order chi connectivity index (χ0) is 20.6. The highest BCUT2D eigenvalue weighted by Gasteiger charge is 2.21. The van der Waals surface area contributed by atoms with Gasteiger partial charge in [0.05, 0.1) is 12.3 Å². The molecule has 0 radical (unpaired) electrons. The Morgan fingerprint density at radius 2 is 1.68 bits per heavy atom. The minimum Gasteiger partial charge on any atom is -0.357 e. The molecule has 2 rings (SSSR count). The van der Waals surface area contributed by atoms with Crippen LogP contribution < -0.4 is 10.6 Å². The molecule has 0 amide bonds. The molecule has 0 aromatic heterocycles. The highest BCUT2D eigenvalue weighted by molar-refractivity contribution is 7.91. The lowest BCUT2D eigenvalue weighted by atomic mass is 9.85. The average molecular weight is 406 g/mol. The van der Waals surface area contributed by atoms with Gasteiger partial charge in [-0.05, 0) is 24.6 Å². The van der Waals surface area contributed by atoms with Crippen molar-refractivity contribution in [3.63, 3.8) is 0 Å². The van der Waals surface area contributed by atoms with Crippen molar-refractivity contribution in [2.24, 2.45) is 4.99 Å². The van der Waals surface area contributed by atoms with Gasteiger partial charge in [-0.25, -0.2) is 12.8 Å². The topological polar surface area (TPSA) is 70.6 Å². The van der Waals surface area contributed by atoms with Gasteiger partial charge in [-0.3, -0.25) is 4.99 Å². The first-order chi connectivity index (χ1) is 13.3. The van der Waals surface area contributed by atoms with Gasteiger partial charge in [-0.2, -0.15) is 0 Å². The van der Waals surface area contributed by atoms with Gasteiger partial charge in [-0.15, -0.1) is 0 Å². The Kier molecular flexibility index (Phi) is 7.57. The van der Waals surface area contributed by atoms with Gasteiger partial charge < -0.3 is 10.6 Å². The van der Waals surface area contributed by atoms with E-state index in [-0.39, 0.29) is 22.6 Å². The first kappa shape index (κ1) is 21.9. The average Bonchev–Trinajstić information content (AvgIpc) is 2.67. The molecule has 0 aliphatic heterocycles. The predicted molar refractivity (Wildman–Crippen MR) is 112 cm³/mol. The monoisotopic (exact) mass is 405 g/mol. The van der Waals surface area contributed by atoms with Crippen molar-refractivity contribution in [3.05, 3.63) is 66.0 Å². The molecular weight excluding hydrogens is 377 g/mol. The van der Waals surface area contributed by atoms with E-state index in [0.29, 0.717) is 19.0 Å². The number of nitrogens with zero attached hydrogens (tertiary/aromatic N) is 1. The largest absolute Gasteiger partial charge is 0.357 e. The van der Waals surface area contributed by atoms with Crippen LogP contribution in [0.3, 0.4) is 0 Å². The summed E-state index contributed by atoms with van der Waals surface area (Å²) in [7, 11) is -3.71. The molecule has 5 nitrogen and oxygen atoms in total. The Labute approximate surface area is 167 Å². The molecule has 0 bridgehead atoms. The van der Waals surface area contributed by atoms with Crippen molar-refractivity contribution >= 4 is 15.8 Å². The lowest BCUT2D eigenvalue weighted by Gasteiger charge is -2.24. The lowest BCUT2D eigenvalue weighted by Crippen LogP contribution is -2.40. The van der Waals surface area contributed by atoms with E-state index in [1.54, 1.807) is 0 Å². The van der Waals surface area contributed by atoms with E-state index < -0.39 is 15.7 Å². The molecule has 0 aliphatic carbocycles. The normalized spacial score (nSPS) is 12.6. The molecule has 2 aromatic rings. The Balaban J connectivity index is 2.01. The molecule has 0 saturated carbocycles. The number of sulfone groups is 1. The summed E-state index contributed by atoms with van der Waals surface area (Å²) < 4.78 is 38.5. The summed E-state index contributed by atoms with van der Waals surface area (Å²) in [6, 6.07) is 15.5. The van der Waals surface area contributed by atoms with Gasteiger partial charge in [0.15, 0.2) is 15.8 Å². The smallest absolute Gasteiger partial charge is 0.191 e. The fourth-order valence-corrected chi connectivity index (χ4v) is 3.95. The SMILES string of the molecule is CCNC(=NCC(C)(C)c1ccccc1)NCCS(=O)(=O)c1ccccc1F. The molecule has 7 heteroatoms. The quantitative estimate of drug-likeness (QED) is 0.523. The van der Waals surface area contributed by atoms with Crippen LogP contribution in [0.25, 0.3) is 0 Å². The second kappa shape index (κ2) is 9.68. The number of nitrogens with one attached hydrogen (secondary N) is 2. The highest BCUT2D eigenvalue weighted by Crippen LogP contribution is 2.23. The number of halogens is 1. The summed E-state index contributed by atoms with van der Waals surface area (Å²) in [6.07, 6.45) is 0. The first-order valence-electron chi connectivity index (χ1n) is 9.31. The van der Waals surface area contributed by atoms with E-state index in [1.807, 2.05) is 25.1 Å². The third-order valence-electron chi connectivity index (χ3n) is 4.37.